The number of rotatable bonds is 1. The largest absolute Gasteiger partial charge is 0.436 e. The van der Waals surface area contributed by atoms with E-state index >= 15 is 0 Å². The third-order valence-electron chi connectivity index (χ3n) is 2.65. The number of halogens is 1. The normalized spacial score (nSPS) is 10.7. The summed E-state index contributed by atoms with van der Waals surface area (Å²) in [6.45, 7) is 0. The van der Waals surface area contributed by atoms with Gasteiger partial charge in [-0.1, -0.05) is 30.3 Å². The lowest BCUT2D eigenvalue weighted by Gasteiger charge is -2.04. The first-order valence-corrected chi connectivity index (χ1v) is 6.48. The standard InChI is InChI=1S/C14H8INO2/c15-11-12(17)10-7-4-8-16-14(10)18-13(11)9-5-2-1-3-6-9/h1-8H. The molecule has 0 fully saturated rings. The second-order valence-electron chi connectivity index (χ2n) is 3.80. The van der Waals surface area contributed by atoms with Crippen LogP contribution in [0.4, 0.5) is 0 Å². The fraction of sp³-hybridized carbons (Fsp3) is 0. The minimum atomic E-state index is -0.0381. The summed E-state index contributed by atoms with van der Waals surface area (Å²) in [7, 11) is 0. The first-order chi connectivity index (χ1) is 8.77. The lowest BCUT2D eigenvalue weighted by atomic mass is 10.1. The van der Waals surface area contributed by atoms with E-state index in [0.29, 0.717) is 20.4 Å². The molecule has 2 heterocycles. The molecule has 0 spiro atoms. The summed E-state index contributed by atoms with van der Waals surface area (Å²) in [6, 6.07) is 13.0. The van der Waals surface area contributed by atoms with Crippen LogP contribution in [0.5, 0.6) is 0 Å². The van der Waals surface area contributed by atoms with Crippen molar-refractivity contribution in [2.45, 2.75) is 0 Å². The predicted molar refractivity (Wildman–Crippen MR) is 78.4 cm³/mol. The molecular weight excluding hydrogens is 341 g/mol. The quantitative estimate of drug-likeness (QED) is 0.632. The molecule has 0 N–H and O–H groups in total. The van der Waals surface area contributed by atoms with Crippen molar-refractivity contribution in [1.29, 1.82) is 0 Å². The maximum absolute atomic E-state index is 12.2. The number of hydrogen-bond donors (Lipinski definition) is 0. The number of aromatic nitrogens is 1. The van der Waals surface area contributed by atoms with Crippen LogP contribution >= 0.6 is 22.6 Å². The third-order valence-corrected chi connectivity index (χ3v) is 3.63. The smallest absolute Gasteiger partial charge is 0.230 e. The van der Waals surface area contributed by atoms with Crippen molar-refractivity contribution in [1.82, 2.24) is 4.98 Å². The van der Waals surface area contributed by atoms with Crippen LogP contribution in [0.1, 0.15) is 0 Å². The summed E-state index contributed by atoms with van der Waals surface area (Å²) < 4.78 is 6.32. The van der Waals surface area contributed by atoms with E-state index in [2.05, 4.69) is 4.98 Å². The Morgan fingerprint density at radius 3 is 2.61 bits per heavy atom. The SMILES string of the molecule is O=c1c(I)c(-c2ccccc2)oc2ncccc12. The lowest BCUT2D eigenvalue weighted by Crippen LogP contribution is -2.07. The Labute approximate surface area is 117 Å². The Kier molecular flexibility index (Phi) is 2.87. The Morgan fingerprint density at radius 2 is 1.83 bits per heavy atom. The summed E-state index contributed by atoms with van der Waals surface area (Å²) in [5.41, 5.74) is 1.22. The average molecular weight is 349 g/mol. The van der Waals surface area contributed by atoms with Crippen LogP contribution in [-0.4, -0.2) is 4.98 Å². The molecule has 0 unspecified atom stereocenters. The molecule has 0 aliphatic carbocycles. The molecule has 3 aromatic rings. The summed E-state index contributed by atoms with van der Waals surface area (Å²) in [6.07, 6.45) is 1.62. The molecule has 1 aromatic carbocycles. The van der Waals surface area contributed by atoms with E-state index in [1.807, 2.05) is 52.9 Å². The Balaban J connectivity index is 2.38. The summed E-state index contributed by atoms with van der Waals surface area (Å²) in [4.78, 5) is 16.3. The first-order valence-electron chi connectivity index (χ1n) is 5.40. The number of benzene rings is 1. The van der Waals surface area contributed by atoms with E-state index in [1.54, 1.807) is 18.3 Å². The molecule has 3 nitrogen and oxygen atoms in total. The topological polar surface area (TPSA) is 43.1 Å². The van der Waals surface area contributed by atoms with Gasteiger partial charge in [0, 0.05) is 11.8 Å². The molecule has 0 atom stereocenters. The highest BCUT2D eigenvalue weighted by atomic mass is 127. The molecule has 0 saturated heterocycles. The molecule has 88 valence electrons. The van der Waals surface area contributed by atoms with E-state index in [-0.39, 0.29) is 5.43 Å². The summed E-state index contributed by atoms with van der Waals surface area (Å²) >= 11 is 2.02. The van der Waals surface area contributed by atoms with Crippen LogP contribution in [0.25, 0.3) is 22.4 Å². The first kappa shape index (κ1) is 11.4. The fourth-order valence-electron chi connectivity index (χ4n) is 1.78. The second-order valence-corrected chi connectivity index (χ2v) is 4.88. The summed E-state index contributed by atoms with van der Waals surface area (Å²) in [5, 5.41) is 0.515. The molecule has 4 heteroatoms. The minimum Gasteiger partial charge on any atom is -0.436 e. The van der Waals surface area contributed by atoms with Gasteiger partial charge >= 0.3 is 0 Å². The number of fused-ring (bicyclic) bond motifs is 1. The highest BCUT2D eigenvalue weighted by Crippen LogP contribution is 2.25. The van der Waals surface area contributed by atoms with Crippen molar-refractivity contribution < 1.29 is 4.42 Å². The van der Waals surface area contributed by atoms with Crippen LogP contribution in [0.15, 0.2) is 57.9 Å². The van der Waals surface area contributed by atoms with Gasteiger partial charge < -0.3 is 4.42 Å². The maximum atomic E-state index is 12.2. The van der Waals surface area contributed by atoms with Gasteiger partial charge in [-0.05, 0) is 34.7 Å². The Hall–Kier alpha value is -1.69. The third kappa shape index (κ3) is 1.82. The Bertz CT molecular complexity index is 766. The van der Waals surface area contributed by atoms with Gasteiger partial charge in [0.05, 0.1) is 5.39 Å². The highest BCUT2D eigenvalue weighted by Gasteiger charge is 2.13. The molecule has 3 rings (SSSR count). The van der Waals surface area contributed by atoms with Crippen molar-refractivity contribution in [3.05, 3.63) is 62.5 Å². The van der Waals surface area contributed by atoms with Crippen molar-refractivity contribution in [3.63, 3.8) is 0 Å². The van der Waals surface area contributed by atoms with Gasteiger partial charge in [-0.3, -0.25) is 4.79 Å². The molecule has 0 aliphatic heterocycles. The zero-order valence-corrected chi connectivity index (χ0v) is 11.4. The second kappa shape index (κ2) is 4.53. The van der Waals surface area contributed by atoms with Crippen LogP contribution in [0.3, 0.4) is 0 Å². The van der Waals surface area contributed by atoms with Crippen LogP contribution in [0.2, 0.25) is 0 Å². The maximum Gasteiger partial charge on any atom is 0.230 e. The van der Waals surface area contributed by atoms with Crippen molar-refractivity contribution in [2.24, 2.45) is 0 Å². The predicted octanol–water partition coefficient (Wildman–Crippen LogP) is 3.46. The molecule has 0 amide bonds. The van der Waals surface area contributed by atoms with Crippen LogP contribution < -0.4 is 5.43 Å². The van der Waals surface area contributed by atoms with Crippen molar-refractivity contribution in [3.8, 4) is 11.3 Å². The molecule has 18 heavy (non-hydrogen) atoms. The van der Waals surface area contributed by atoms with Gasteiger partial charge in [-0.25, -0.2) is 4.98 Å². The monoisotopic (exact) mass is 349 g/mol. The summed E-state index contributed by atoms with van der Waals surface area (Å²) in [5.74, 6) is 0.576. The molecule has 2 aromatic heterocycles. The highest BCUT2D eigenvalue weighted by molar-refractivity contribution is 14.1. The van der Waals surface area contributed by atoms with Gasteiger partial charge in [0.1, 0.15) is 3.57 Å². The van der Waals surface area contributed by atoms with Crippen LogP contribution in [-0.2, 0) is 0 Å². The van der Waals surface area contributed by atoms with Gasteiger partial charge in [0.2, 0.25) is 11.1 Å². The van der Waals surface area contributed by atoms with Gasteiger partial charge in [0.25, 0.3) is 0 Å². The molecule has 0 bridgehead atoms. The van der Waals surface area contributed by atoms with Gasteiger partial charge in [0.15, 0.2) is 5.76 Å². The Morgan fingerprint density at radius 1 is 1.06 bits per heavy atom. The van der Waals surface area contributed by atoms with E-state index in [9.17, 15) is 4.79 Å². The van der Waals surface area contributed by atoms with E-state index < -0.39 is 0 Å². The number of nitrogens with zero attached hydrogens (tertiary/aromatic N) is 1. The molecule has 0 radical (unpaired) electrons. The molecular formula is C14H8INO2. The lowest BCUT2D eigenvalue weighted by molar-refractivity contribution is 0.602. The molecule has 0 aliphatic rings. The minimum absolute atomic E-state index is 0.0381. The van der Waals surface area contributed by atoms with Crippen molar-refractivity contribution in [2.75, 3.05) is 0 Å². The molecule has 0 saturated carbocycles. The van der Waals surface area contributed by atoms with E-state index in [4.69, 9.17) is 4.42 Å². The fourth-order valence-corrected chi connectivity index (χ4v) is 2.50. The van der Waals surface area contributed by atoms with Crippen molar-refractivity contribution >= 4 is 33.7 Å². The number of hydrogen-bond acceptors (Lipinski definition) is 3. The number of pyridine rings is 1. The zero-order valence-electron chi connectivity index (χ0n) is 9.26. The zero-order chi connectivity index (χ0) is 12.5. The van der Waals surface area contributed by atoms with Gasteiger partial charge in [-0.15, -0.1) is 0 Å². The average Bonchev–Trinajstić information content (AvgIpc) is 2.44. The van der Waals surface area contributed by atoms with Gasteiger partial charge in [-0.2, -0.15) is 0 Å². The van der Waals surface area contributed by atoms with Crippen LogP contribution in [0, 0.1) is 3.57 Å². The van der Waals surface area contributed by atoms with E-state index in [1.165, 1.54) is 0 Å². The van der Waals surface area contributed by atoms with E-state index in [0.717, 1.165) is 5.56 Å².